The van der Waals surface area contributed by atoms with Crippen LogP contribution in [0, 0.1) is 12.7 Å². The molecule has 9 heteroatoms. The zero-order valence-electron chi connectivity index (χ0n) is 13.5. The smallest absolute Gasteiger partial charge is 0.313 e. The highest BCUT2D eigenvalue weighted by atomic mass is 32.1. The first-order chi connectivity index (χ1) is 12.6. The fraction of sp³-hybridized carbons (Fsp3) is 0.0588. The lowest BCUT2D eigenvalue weighted by molar-refractivity contribution is 0.0964. The molecule has 2 N–H and O–H groups in total. The van der Waals surface area contributed by atoms with Gasteiger partial charge in [-0.25, -0.2) is 9.82 Å². The van der Waals surface area contributed by atoms with E-state index in [1.807, 2.05) is 0 Å². The number of thiophene rings is 1. The third-order valence-corrected chi connectivity index (χ3v) is 5.01. The molecule has 7 nitrogen and oxygen atoms in total. The summed E-state index contributed by atoms with van der Waals surface area (Å²) in [6.45, 7) is 1.71. The van der Waals surface area contributed by atoms with Crippen LogP contribution in [0.4, 0.5) is 10.4 Å². The molecule has 0 atom stereocenters. The summed E-state index contributed by atoms with van der Waals surface area (Å²) in [5.74, 6) is -0.391. The lowest BCUT2D eigenvalue weighted by Gasteiger charge is -2.03. The maximum atomic E-state index is 14.0. The maximum Gasteiger partial charge on any atom is 0.340 e. The molecule has 1 amide bonds. The highest BCUT2D eigenvalue weighted by Gasteiger charge is 2.18. The van der Waals surface area contributed by atoms with Gasteiger partial charge in [-0.3, -0.25) is 15.2 Å². The molecule has 0 spiro atoms. The number of benzene rings is 1. The van der Waals surface area contributed by atoms with E-state index in [4.69, 9.17) is 4.52 Å². The van der Waals surface area contributed by atoms with Gasteiger partial charge in [0.25, 0.3) is 5.91 Å². The predicted molar refractivity (Wildman–Crippen MR) is 95.1 cm³/mol. The topological polar surface area (TPSA) is 92.9 Å². The van der Waals surface area contributed by atoms with Crippen LogP contribution in [0.15, 0.2) is 47.2 Å². The molecular formula is C17H12FN5O2S. The van der Waals surface area contributed by atoms with Gasteiger partial charge in [0, 0.05) is 28.0 Å². The Balaban J connectivity index is 1.51. The molecular weight excluding hydrogens is 357 g/mol. The van der Waals surface area contributed by atoms with Crippen LogP contribution in [-0.4, -0.2) is 21.0 Å². The minimum absolute atomic E-state index is 0.0371. The number of hydrazine groups is 1. The van der Waals surface area contributed by atoms with Crippen molar-refractivity contribution in [1.29, 1.82) is 0 Å². The Bertz CT molecular complexity index is 1090. The molecule has 26 heavy (non-hydrogen) atoms. The Labute approximate surface area is 150 Å². The van der Waals surface area contributed by atoms with Crippen LogP contribution < -0.4 is 10.9 Å². The summed E-state index contributed by atoms with van der Waals surface area (Å²) in [6, 6.07) is 8.28. The number of carbonyl (C=O) groups excluding carboxylic acids is 1. The Morgan fingerprint density at radius 2 is 2.04 bits per heavy atom. The molecule has 130 valence electrons. The second-order valence-corrected chi connectivity index (χ2v) is 6.46. The SMILES string of the molecule is Cc1c(C(=O)NNc2nc(-c3ccncc3)no2)sc2cccc(F)c12. The number of aromatic nitrogens is 3. The maximum absolute atomic E-state index is 14.0. The van der Waals surface area contributed by atoms with E-state index in [-0.39, 0.29) is 11.8 Å². The van der Waals surface area contributed by atoms with Crippen molar-refractivity contribution in [1.82, 2.24) is 20.6 Å². The number of fused-ring (bicyclic) bond motifs is 1. The van der Waals surface area contributed by atoms with Crippen molar-refractivity contribution < 1.29 is 13.7 Å². The van der Waals surface area contributed by atoms with Crippen molar-refractivity contribution in [3.8, 4) is 11.4 Å². The molecule has 1 aromatic carbocycles. The van der Waals surface area contributed by atoms with Gasteiger partial charge in [-0.1, -0.05) is 11.2 Å². The van der Waals surface area contributed by atoms with Gasteiger partial charge in [-0.2, -0.15) is 4.98 Å². The molecule has 0 bridgehead atoms. The molecule has 0 unspecified atom stereocenters. The highest BCUT2D eigenvalue weighted by molar-refractivity contribution is 7.21. The van der Waals surface area contributed by atoms with Crippen LogP contribution >= 0.6 is 11.3 Å². The zero-order valence-corrected chi connectivity index (χ0v) is 14.3. The van der Waals surface area contributed by atoms with Gasteiger partial charge in [0.05, 0.1) is 4.88 Å². The van der Waals surface area contributed by atoms with E-state index in [1.165, 1.54) is 17.4 Å². The minimum Gasteiger partial charge on any atom is -0.313 e. The Morgan fingerprint density at radius 3 is 2.81 bits per heavy atom. The van der Waals surface area contributed by atoms with E-state index < -0.39 is 5.91 Å². The summed E-state index contributed by atoms with van der Waals surface area (Å²) in [5.41, 5.74) is 6.39. The number of halogens is 1. The fourth-order valence-corrected chi connectivity index (χ4v) is 3.65. The molecule has 4 rings (SSSR count). The van der Waals surface area contributed by atoms with Crippen LogP contribution in [-0.2, 0) is 0 Å². The molecule has 0 aliphatic carbocycles. The number of amides is 1. The summed E-state index contributed by atoms with van der Waals surface area (Å²) in [4.78, 5) is 20.9. The summed E-state index contributed by atoms with van der Waals surface area (Å²) in [5, 5.41) is 4.29. The highest BCUT2D eigenvalue weighted by Crippen LogP contribution is 2.32. The quantitative estimate of drug-likeness (QED) is 0.535. The third-order valence-electron chi connectivity index (χ3n) is 3.76. The first kappa shape index (κ1) is 16.2. The van der Waals surface area contributed by atoms with E-state index in [0.29, 0.717) is 26.4 Å². The largest absolute Gasteiger partial charge is 0.340 e. The van der Waals surface area contributed by atoms with Crippen molar-refractivity contribution in [3.05, 3.63) is 59.0 Å². The van der Waals surface area contributed by atoms with Crippen molar-refractivity contribution in [2.24, 2.45) is 0 Å². The summed E-state index contributed by atoms with van der Waals surface area (Å²) in [7, 11) is 0. The van der Waals surface area contributed by atoms with Crippen LogP contribution in [0.5, 0.6) is 0 Å². The van der Waals surface area contributed by atoms with E-state index in [1.54, 1.807) is 43.6 Å². The van der Waals surface area contributed by atoms with E-state index >= 15 is 0 Å². The summed E-state index contributed by atoms with van der Waals surface area (Å²) in [6.07, 6.45) is 3.23. The van der Waals surface area contributed by atoms with Gasteiger partial charge in [0.15, 0.2) is 0 Å². The fourth-order valence-electron chi connectivity index (χ4n) is 2.53. The zero-order chi connectivity index (χ0) is 18.1. The lowest BCUT2D eigenvalue weighted by Crippen LogP contribution is -2.29. The monoisotopic (exact) mass is 369 g/mol. The van der Waals surface area contributed by atoms with Crippen molar-refractivity contribution in [3.63, 3.8) is 0 Å². The Kier molecular flexibility index (Phi) is 4.05. The lowest BCUT2D eigenvalue weighted by atomic mass is 10.1. The van der Waals surface area contributed by atoms with Crippen LogP contribution in [0.1, 0.15) is 15.2 Å². The van der Waals surface area contributed by atoms with E-state index in [2.05, 4.69) is 26.0 Å². The van der Waals surface area contributed by atoms with Gasteiger partial charge in [0.2, 0.25) is 5.82 Å². The molecule has 3 aromatic heterocycles. The number of carbonyl (C=O) groups is 1. The van der Waals surface area contributed by atoms with Crippen molar-refractivity contribution in [2.45, 2.75) is 6.92 Å². The molecule has 4 aromatic rings. The van der Waals surface area contributed by atoms with Gasteiger partial charge >= 0.3 is 6.01 Å². The van der Waals surface area contributed by atoms with Crippen molar-refractivity contribution in [2.75, 3.05) is 5.43 Å². The Morgan fingerprint density at radius 1 is 1.23 bits per heavy atom. The number of anilines is 1. The summed E-state index contributed by atoms with van der Waals surface area (Å²) < 4.78 is 19.7. The third kappa shape index (κ3) is 2.88. The average molecular weight is 369 g/mol. The average Bonchev–Trinajstić information content (AvgIpc) is 3.26. The molecule has 0 saturated heterocycles. The van der Waals surface area contributed by atoms with Crippen LogP contribution in [0.25, 0.3) is 21.5 Å². The van der Waals surface area contributed by atoms with E-state index in [9.17, 15) is 9.18 Å². The number of hydrogen-bond acceptors (Lipinski definition) is 7. The molecule has 0 aliphatic heterocycles. The van der Waals surface area contributed by atoms with Crippen LogP contribution in [0.3, 0.4) is 0 Å². The second kappa shape index (κ2) is 6.52. The van der Waals surface area contributed by atoms with Gasteiger partial charge < -0.3 is 4.52 Å². The minimum atomic E-state index is -0.410. The standard InChI is InChI=1S/C17H12FN5O2S/c1-9-13-11(18)3-2-4-12(13)26-14(9)16(24)21-22-17-20-15(23-25-17)10-5-7-19-8-6-10/h2-8H,1H3,(H,21,24)(H,20,22,23). The number of nitrogens with zero attached hydrogens (tertiary/aromatic N) is 3. The normalized spacial score (nSPS) is 10.8. The van der Waals surface area contributed by atoms with Gasteiger partial charge in [-0.15, -0.1) is 11.3 Å². The predicted octanol–water partition coefficient (Wildman–Crippen LogP) is 3.55. The molecule has 0 radical (unpaired) electrons. The number of nitrogens with one attached hydrogen (secondary N) is 2. The number of hydrogen-bond donors (Lipinski definition) is 2. The molecule has 0 aliphatic rings. The summed E-state index contributed by atoms with van der Waals surface area (Å²) >= 11 is 1.22. The van der Waals surface area contributed by atoms with Crippen LogP contribution in [0.2, 0.25) is 0 Å². The van der Waals surface area contributed by atoms with Gasteiger partial charge in [0.1, 0.15) is 5.82 Å². The van der Waals surface area contributed by atoms with E-state index in [0.717, 1.165) is 5.56 Å². The molecule has 0 fully saturated rings. The molecule has 0 saturated carbocycles. The first-order valence-electron chi connectivity index (χ1n) is 7.61. The van der Waals surface area contributed by atoms with Gasteiger partial charge in [-0.05, 0) is 36.8 Å². The molecule has 3 heterocycles. The van der Waals surface area contributed by atoms with Crippen molar-refractivity contribution >= 4 is 33.3 Å². The second-order valence-electron chi connectivity index (χ2n) is 5.41. The Hall–Kier alpha value is -3.33. The first-order valence-corrected chi connectivity index (χ1v) is 8.43. The number of rotatable bonds is 4. The number of aryl methyl sites for hydroxylation is 1. The number of pyridine rings is 1.